The van der Waals surface area contributed by atoms with Crippen LogP contribution in [-0.4, -0.2) is 27.0 Å². The van der Waals surface area contributed by atoms with Crippen molar-refractivity contribution in [2.24, 2.45) is 5.16 Å². The van der Waals surface area contributed by atoms with Gasteiger partial charge >= 0.3 is 0 Å². The van der Waals surface area contributed by atoms with Gasteiger partial charge in [-0.1, -0.05) is 28.9 Å². The zero-order chi connectivity index (χ0) is 21.8. The Kier molecular flexibility index (Phi) is 6.47. The average Bonchev–Trinajstić information content (AvgIpc) is 3.20. The standard InChI is InChI=1S/C21H19ClF2N4O2/c1-11(28-30)8-18(13-4-3-5-14(22)9-13)26-21(29)15-10-25-27-20(15)19-12(2)16(23)6-7-17(19)24/h3-7,9-10,18,30H,8H2,1-2H3,(H,25,27)(H,26,29)/b28-11+/t18-/m0/s1. The van der Waals surface area contributed by atoms with Crippen LogP contribution in [0.15, 0.2) is 47.8 Å². The van der Waals surface area contributed by atoms with Crippen molar-refractivity contribution < 1.29 is 18.8 Å². The molecule has 0 spiro atoms. The molecular formula is C21H19ClF2N4O2. The molecule has 3 N–H and O–H groups in total. The van der Waals surface area contributed by atoms with Crippen LogP contribution in [-0.2, 0) is 0 Å². The van der Waals surface area contributed by atoms with Crippen molar-refractivity contribution in [1.82, 2.24) is 15.5 Å². The first-order chi connectivity index (χ1) is 14.3. The van der Waals surface area contributed by atoms with E-state index in [4.69, 9.17) is 16.8 Å². The Balaban J connectivity index is 1.97. The SMILES string of the molecule is C/C(C[C@H](NC(=O)c1cn[nH]c1-c1c(F)ccc(F)c1C)c1cccc(Cl)c1)=N\O. The summed E-state index contributed by atoms with van der Waals surface area (Å²) in [5.74, 6) is -1.83. The van der Waals surface area contributed by atoms with Crippen LogP contribution in [0.3, 0.4) is 0 Å². The fourth-order valence-electron chi connectivity index (χ4n) is 3.16. The van der Waals surface area contributed by atoms with Crippen molar-refractivity contribution in [1.29, 1.82) is 0 Å². The number of carbonyl (C=O) groups excluding carboxylic acids is 1. The predicted molar refractivity (Wildman–Crippen MR) is 110 cm³/mol. The van der Waals surface area contributed by atoms with E-state index in [0.29, 0.717) is 16.3 Å². The lowest BCUT2D eigenvalue weighted by atomic mass is 9.99. The Morgan fingerprint density at radius 2 is 2.03 bits per heavy atom. The number of benzene rings is 2. The third-order valence-corrected chi connectivity index (χ3v) is 4.94. The zero-order valence-electron chi connectivity index (χ0n) is 16.2. The Bertz CT molecular complexity index is 1110. The second-order valence-electron chi connectivity index (χ2n) is 6.81. The van der Waals surface area contributed by atoms with Crippen LogP contribution in [0.25, 0.3) is 11.3 Å². The summed E-state index contributed by atoms with van der Waals surface area (Å²) < 4.78 is 28.4. The van der Waals surface area contributed by atoms with E-state index in [1.807, 2.05) is 0 Å². The Hall–Kier alpha value is -3.26. The smallest absolute Gasteiger partial charge is 0.255 e. The topological polar surface area (TPSA) is 90.4 Å². The van der Waals surface area contributed by atoms with Gasteiger partial charge in [0.25, 0.3) is 5.91 Å². The summed E-state index contributed by atoms with van der Waals surface area (Å²) in [6.07, 6.45) is 1.46. The molecular weight excluding hydrogens is 414 g/mol. The molecule has 1 amide bonds. The van der Waals surface area contributed by atoms with Gasteiger partial charge in [0.2, 0.25) is 0 Å². The zero-order valence-corrected chi connectivity index (χ0v) is 17.0. The van der Waals surface area contributed by atoms with E-state index in [9.17, 15) is 13.6 Å². The molecule has 1 heterocycles. The van der Waals surface area contributed by atoms with Gasteiger partial charge in [-0.05, 0) is 49.2 Å². The molecule has 0 bridgehead atoms. The molecule has 0 saturated carbocycles. The van der Waals surface area contributed by atoms with E-state index >= 15 is 0 Å². The van der Waals surface area contributed by atoms with Crippen molar-refractivity contribution in [3.8, 4) is 11.3 Å². The number of carbonyl (C=O) groups is 1. The number of amides is 1. The van der Waals surface area contributed by atoms with Crippen LogP contribution in [0.5, 0.6) is 0 Å². The molecule has 0 aliphatic carbocycles. The number of hydrogen-bond acceptors (Lipinski definition) is 4. The summed E-state index contributed by atoms with van der Waals surface area (Å²) >= 11 is 6.07. The minimum Gasteiger partial charge on any atom is -0.411 e. The van der Waals surface area contributed by atoms with E-state index < -0.39 is 23.6 Å². The molecule has 3 rings (SSSR count). The summed E-state index contributed by atoms with van der Waals surface area (Å²) in [4.78, 5) is 13.0. The van der Waals surface area contributed by atoms with Crippen LogP contribution >= 0.6 is 11.6 Å². The first-order valence-electron chi connectivity index (χ1n) is 9.04. The molecule has 2 aromatic carbocycles. The van der Waals surface area contributed by atoms with Crippen LogP contribution in [0.1, 0.15) is 40.9 Å². The van der Waals surface area contributed by atoms with Crippen molar-refractivity contribution in [2.75, 3.05) is 0 Å². The molecule has 0 unspecified atom stereocenters. The number of oxime groups is 1. The number of aromatic nitrogens is 2. The second-order valence-corrected chi connectivity index (χ2v) is 7.24. The first kappa shape index (κ1) is 21.4. The maximum absolute atomic E-state index is 14.4. The second kappa shape index (κ2) is 9.04. The van der Waals surface area contributed by atoms with Gasteiger partial charge in [0.1, 0.15) is 11.6 Å². The van der Waals surface area contributed by atoms with Crippen molar-refractivity contribution in [3.63, 3.8) is 0 Å². The summed E-state index contributed by atoms with van der Waals surface area (Å²) in [5, 5.41) is 21.9. The summed E-state index contributed by atoms with van der Waals surface area (Å²) in [6, 6.07) is 8.33. The van der Waals surface area contributed by atoms with Gasteiger partial charge in [0.15, 0.2) is 0 Å². The molecule has 1 atom stereocenters. The van der Waals surface area contributed by atoms with Gasteiger partial charge in [0, 0.05) is 17.0 Å². The summed E-state index contributed by atoms with van der Waals surface area (Å²) in [7, 11) is 0. The maximum Gasteiger partial charge on any atom is 0.255 e. The van der Waals surface area contributed by atoms with Crippen LogP contribution in [0.4, 0.5) is 8.78 Å². The molecule has 0 aliphatic rings. The van der Waals surface area contributed by atoms with Crippen molar-refractivity contribution >= 4 is 23.2 Å². The summed E-state index contributed by atoms with van der Waals surface area (Å²) in [5.41, 5.74) is 1.19. The number of aromatic amines is 1. The molecule has 0 fully saturated rings. The molecule has 1 aromatic heterocycles. The first-order valence-corrected chi connectivity index (χ1v) is 9.41. The van der Waals surface area contributed by atoms with Crippen LogP contribution < -0.4 is 5.32 Å². The van der Waals surface area contributed by atoms with Gasteiger partial charge in [-0.2, -0.15) is 5.10 Å². The Morgan fingerprint density at radius 3 is 2.73 bits per heavy atom. The normalized spacial score (nSPS) is 12.6. The van der Waals surface area contributed by atoms with E-state index in [1.165, 1.54) is 13.1 Å². The third kappa shape index (κ3) is 4.49. The molecule has 0 radical (unpaired) electrons. The number of hydrogen-bond donors (Lipinski definition) is 3. The van der Waals surface area contributed by atoms with Gasteiger partial charge in [-0.15, -0.1) is 0 Å². The quantitative estimate of drug-likeness (QED) is 0.290. The molecule has 30 heavy (non-hydrogen) atoms. The minimum absolute atomic E-state index is 0.0493. The van der Waals surface area contributed by atoms with Crippen LogP contribution in [0, 0.1) is 18.6 Å². The predicted octanol–water partition coefficient (Wildman–Crippen LogP) is 5.03. The lowest BCUT2D eigenvalue weighted by Crippen LogP contribution is -2.30. The number of nitrogens with zero attached hydrogens (tertiary/aromatic N) is 2. The van der Waals surface area contributed by atoms with E-state index in [0.717, 1.165) is 12.1 Å². The fraction of sp³-hybridized carbons (Fsp3) is 0.190. The molecule has 3 aromatic rings. The molecule has 156 valence electrons. The van der Waals surface area contributed by atoms with E-state index in [1.54, 1.807) is 31.2 Å². The van der Waals surface area contributed by atoms with E-state index in [2.05, 4.69) is 20.7 Å². The highest BCUT2D eigenvalue weighted by molar-refractivity contribution is 6.30. The van der Waals surface area contributed by atoms with Crippen molar-refractivity contribution in [3.05, 3.63) is 75.9 Å². The molecule has 0 saturated heterocycles. The minimum atomic E-state index is -0.679. The van der Waals surface area contributed by atoms with Crippen LogP contribution in [0.2, 0.25) is 5.02 Å². The fourth-order valence-corrected chi connectivity index (χ4v) is 3.36. The average molecular weight is 433 g/mol. The van der Waals surface area contributed by atoms with E-state index in [-0.39, 0.29) is 28.8 Å². The lowest BCUT2D eigenvalue weighted by Gasteiger charge is -2.19. The lowest BCUT2D eigenvalue weighted by molar-refractivity contribution is 0.0938. The highest BCUT2D eigenvalue weighted by Gasteiger charge is 2.24. The number of rotatable bonds is 6. The highest BCUT2D eigenvalue weighted by atomic mass is 35.5. The number of nitrogens with one attached hydrogen (secondary N) is 2. The largest absolute Gasteiger partial charge is 0.411 e. The monoisotopic (exact) mass is 432 g/mol. The molecule has 9 heteroatoms. The third-order valence-electron chi connectivity index (χ3n) is 4.71. The summed E-state index contributed by atoms with van der Waals surface area (Å²) in [6.45, 7) is 3.03. The number of H-pyrrole nitrogens is 1. The Morgan fingerprint density at radius 1 is 1.30 bits per heavy atom. The van der Waals surface area contributed by atoms with Gasteiger partial charge in [0.05, 0.1) is 29.2 Å². The van der Waals surface area contributed by atoms with Gasteiger partial charge < -0.3 is 10.5 Å². The molecule has 0 aliphatic heterocycles. The maximum atomic E-state index is 14.4. The van der Waals surface area contributed by atoms with Crippen molar-refractivity contribution in [2.45, 2.75) is 26.3 Å². The molecule has 6 nitrogen and oxygen atoms in total. The number of halogens is 3. The Labute approximate surface area is 176 Å². The van der Waals surface area contributed by atoms with Gasteiger partial charge in [-0.25, -0.2) is 8.78 Å². The highest BCUT2D eigenvalue weighted by Crippen LogP contribution is 2.30. The van der Waals surface area contributed by atoms with Gasteiger partial charge in [-0.3, -0.25) is 9.89 Å².